The van der Waals surface area contributed by atoms with Gasteiger partial charge in [0.1, 0.15) is 12.4 Å². The van der Waals surface area contributed by atoms with E-state index in [0.29, 0.717) is 0 Å². The zero-order chi connectivity index (χ0) is 13.8. The third kappa shape index (κ3) is 4.22. The van der Waals surface area contributed by atoms with Crippen molar-refractivity contribution in [2.75, 3.05) is 26.2 Å². The SMILES string of the molecule is CC1CCN(CCOc2ccc(CNC3CC3)cc2)C1. The molecule has 1 aromatic rings. The molecule has 110 valence electrons. The number of nitrogens with zero attached hydrogens (tertiary/aromatic N) is 1. The highest BCUT2D eigenvalue weighted by Crippen LogP contribution is 2.20. The van der Waals surface area contributed by atoms with Gasteiger partial charge in [-0.1, -0.05) is 19.1 Å². The van der Waals surface area contributed by atoms with Gasteiger partial charge in [-0.05, 0) is 49.4 Å². The highest BCUT2D eigenvalue weighted by molar-refractivity contribution is 5.27. The largest absolute Gasteiger partial charge is 0.492 e. The fourth-order valence-electron chi connectivity index (χ4n) is 2.78. The fraction of sp³-hybridized carbons (Fsp3) is 0.647. The first-order valence-electron chi connectivity index (χ1n) is 7.97. The Bertz CT molecular complexity index is 414. The van der Waals surface area contributed by atoms with Crippen LogP contribution < -0.4 is 10.1 Å². The standard InChI is InChI=1S/C17H26N2O/c1-14-8-9-19(13-14)10-11-20-17-6-2-15(3-7-17)12-18-16-4-5-16/h2-3,6-7,14,16,18H,4-5,8-13H2,1H3. The smallest absolute Gasteiger partial charge is 0.119 e. The summed E-state index contributed by atoms with van der Waals surface area (Å²) in [7, 11) is 0. The van der Waals surface area contributed by atoms with Crippen LogP contribution in [-0.2, 0) is 6.54 Å². The zero-order valence-corrected chi connectivity index (χ0v) is 12.5. The molecule has 1 heterocycles. The van der Waals surface area contributed by atoms with Crippen LogP contribution in [0.4, 0.5) is 0 Å². The molecule has 0 aromatic heterocycles. The Hall–Kier alpha value is -1.06. The van der Waals surface area contributed by atoms with Crippen LogP contribution in [0.25, 0.3) is 0 Å². The average Bonchev–Trinajstić information content (AvgIpc) is 3.20. The van der Waals surface area contributed by atoms with Gasteiger partial charge in [-0.2, -0.15) is 0 Å². The van der Waals surface area contributed by atoms with Crippen molar-refractivity contribution in [3.63, 3.8) is 0 Å². The summed E-state index contributed by atoms with van der Waals surface area (Å²) < 4.78 is 5.83. The van der Waals surface area contributed by atoms with Crippen LogP contribution in [0.1, 0.15) is 31.7 Å². The first-order chi connectivity index (χ1) is 9.79. The fourth-order valence-corrected chi connectivity index (χ4v) is 2.78. The Kier molecular flexibility index (Phi) is 4.58. The molecule has 3 heteroatoms. The molecule has 2 fully saturated rings. The molecule has 3 rings (SSSR count). The Balaban J connectivity index is 1.36. The van der Waals surface area contributed by atoms with Gasteiger partial charge in [0, 0.05) is 25.7 Å². The van der Waals surface area contributed by atoms with Crippen LogP contribution in [0.2, 0.25) is 0 Å². The Morgan fingerprint density at radius 2 is 2.00 bits per heavy atom. The second-order valence-corrected chi connectivity index (χ2v) is 6.34. The van der Waals surface area contributed by atoms with Gasteiger partial charge in [-0.15, -0.1) is 0 Å². The molecule has 2 aliphatic rings. The van der Waals surface area contributed by atoms with Gasteiger partial charge in [0.25, 0.3) is 0 Å². The van der Waals surface area contributed by atoms with Crippen LogP contribution in [0.15, 0.2) is 24.3 Å². The number of hydrogen-bond acceptors (Lipinski definition) is 3. The highest BCUT2D eigenvalue weighted by atomic mass is 16.5. The topological polar surface area (TPSA) is 24.5 Å². The normalized spacial score (nSPS) is 23.1. The molecule has 1 saturated heterocycles. The maximum atomic E-state index is 5.83. The molecular weight excluding hydrogens is 248 g/mol. The average molecular weight is 274 g/mol. The highest BCUT2D eigenvalue weighted by Gasteiger charge is 2.20. The number of rotatable bonds is 7. The van der Waals surface area contributed by atoms with E-state index in [1.54, 1.807) is 0 Å². The molecule has 0 bridgehead atoms. The summed E-state index contributed by atoms with van der Waals surface area (Å²) in [5, 5.41) is 3.53. The summed E-state index contributed by atoms with van der Waals surface area (Å²) in [4.78, 5) is 2.50. The minimum Gasteiger partial charge on any atom is -0.492 e. The minimum absolute atomic E-state index is 0.772. The van der Waals surface area contributed by atoms with Crippen LogP contribution in [-0.4, -0.2) is 37.2 Å². The lowest BCUT2D eigenvalue weighted by Gasteiger charge is -2.15. The molecule has 1 aliphatic carbocycles. The molecule has 0 spiro atoms. The van der Waals surface area contributed by atoms with Crippen molar-refractivity contribution >= 4 is 0 Å². The maximum Gasteiger partial charge on any atom is 0.119 e. The Labute approximate surface area is 122 Å². The van der Waals surface area contributed by atoms with Crippen LogP contribution >= 0.6 is 0 Å². The van der Waals surface area contributed by atoms with Gasteiger partial charge >= 0.3 is 0 Å². The van der Waals surface area contributed by atoms with E-state index in [1.807, 2.05) is 0 Å². The number of hydrogen-bond donors (Lipinski definition) is 1. The second kappa shape index (κ2) is 6.59. The van der Waals surface area contributed by atoms with Crippen molar-refractivity contribution in [1.29, 1.82) is 0 Å². The third-order valence-electron chi connectivity index (χ3n) is 4.28. The molecule has 1 unspecified atom stereocenters. The van der Waals surface area contributed by atoms with E-state index >= 15 is 0 Å². The first kappa shape index (κ1) is 13.9. The van der Waals surface area contributed by atoms with E-state index in [-0.39, 0.29) is 0 Å². The molecular formula is C17H26N2O. The van der Waals surface area contributed by atoms with Crippen molar-refractivity contribution in [3.05, 3.63) is 29.8 Å². The lowest BCUT2D eigenvalue weighted by Crippen LogP contribution is -2.25. The lowest BCUT2D eigenvalue weighted by atomic mass is 10.2. The third-order valence-corrected chi connectivity index (χ3v) is 4.28. The number of benzene rings is 1. The summed E-state index contributed by atoms with van der Waals surface area (Å²) >= 11 is 0. The van der Waals surface area contributed by atoms with Gasteiger partial charge in [0.2, 0.25) is 0 Å². The number of likely N-dealkylation sites (tertiary alicyclic amines) is 1. The molecule has 1 aromatic carbocycles. The Morgan fingerprint density at radius 3 is 2.65 bits per heavy atom. The van der Waals surface area contributed by atoms with E-state index in [9.17, 15) is 0 Å². The maximum absolute atomic E-state index is 5.83. The molecule has 1 N–H and O–H groups in total. The monoisotopic (exact) mass is 274 g/mol. The summed E-state index contributed by atoms with van der Waals surface area (Å²) in [5.41, 5.74) is 1.35. The Morgan fingerprint density at radius 1 is 1.20 bits per heavy atom. The molecule has 20 heavy (non-hydrogen) atoms. The quantitative estimate of drug-likeness (QED) is 0.827. The van der Waals surface area contributed by atoms with Crippen LogP contribution in [0, 0.1) is 5.92 Å². The first-order valence-corrected chi connectivity index (χ1v) is 7.97. The molecule has 1 saturated carbocycles. The van der Waals surface area contributed by atoms with Crippen molar-refractivity contribution in [2.45, 2.75) is 38.8 Å². The summed E-state index contributed by atoms with van der Waals surface area (Å²) in [6.45, 7) is 7.62. The summed E-state index contributed by atoms with van der Waals surface area (Å²) in [5.74, 6) is 1.85. The summed E-state index contributed by atoms with van der Waals surface area (Å²) in [6, 6.07) is 9.30. The van der Waals surface area contributed by atoms with Gasteiger partial charge in [-0.3, -0.25) is 4.90 Å². The van der Waals surface area contributed by atoms with Gasteiger partial charge in [0.15, 0.2) is 0 Å². The molecule has 3 nitrogen and oxygen atoms in total. The summed E-state index contributed by atoms with van der Waals surface area (Å²) in [6.07, 6.45) is 4.02. The molecule has 1 aliphatic heterocycles. The van der Waals surface area contributed by atoms with E-state index in [2.05, 4.69) is 41.4 Å². The van der Waals surface area contributed by atoms with Crippen LogP contribution in [0.5, 0.6) is 5.75 Å². The van der Waals surface area contributed by atoms with Crippen LogP contribution in [0.3, 0.4) is 0 Å². The van der Waals surface area contributed by atoms with Gasteiger partial charge < -0.3 is 10.1 Å². The van der Waals surface area contributed by atoms with E-state index in [1.165, 1.54) is 37.9 Å². The predicted molar refractivity (Wildman–Crippen MR) is 82.0 cm³/mol. The number of ether oxygens (including phenoxy) is 1. The second-order valence-electron chi connectivity index (χ2n) is 6.34. The van der Waals surface area contributed by atoms with Crippen molar-refractivity contribution < 1.29 is 4.74 Å². The molecule has 1 atom stereocenters. The van der Waals surface area contributed by atoms with Gasteiger partial charge in [0.05, 0.1) is 0 Å². The molecule has 0 amide bonds. The zero-order valence-electron chi connectivity index (χ0n) is 12.5. The number of nitrogens with one attached hydrogen (secondary N) is 1. The van der Waals surface area contributed by atoms with Gasteiger partial charge in [-0.25, -0.2) is 0 Å². The lowest BCUT2D eigenvalue weighted by molar-refractivity contribution is 0.234. The van der Waals surface area contributed by atoms with Crippen molar-refractivity contribution in [2.24, 2.45) is 5.92 Å². The van der Waals surface area contributed by atoms with Crippen molar-refractivity contribution in [3.8, 4) is 5.75 Å². The van der Waals surface area contributed by atoms with Crippen molar-refractivity contribution in [1.82, 2.24) is 10.2 Å². The van der Waals surface area contributed by atoms with E-state index in [0.717, 1.165) is 37.4 Å². The van der Waals surface area contributed by atoms with E-state index in [4.69, 9.17) is 4.74 Å². The minimum atomic E-state index is 0.772. The van der Waals surface area contributed by atoms with E-state index < -0.39 is 0 Å². The molecule has 0 radical (unpaired) electrons. The predicted octanol–water partition coefficient (Wildman–Crippen LogP) is 2.66.